The van der Waals surface area contributed by atoms with Gasteiger partial charge in [-0.3, -0.25) is 0 Å². The van der Waals surface area contributed by atoms with Crippen molar-refractivity contribution in [3.63, 3.8) is 0 Å². The summed E-state index contributed by atoms with van der Waals surface area (Å²) in [5.74, 6) is 0. The molecule has 0 aliphatic heterocycles. The molecular formula is C9H20O2S. The van der Waals surface area contributed by atoms with E-state index < -0.39 is 0 Å². The molecule has 0 aromatic heterocycles. The van der Waals surface area contributed by atoms with Crippen LogP contribution in [0.3, 0.4) is 0 Å². The first-order chi connectivity index (χ1) is 5.91. The van der Waals surface area contributed by atoms with Crippen LogP contribution >= 0.6 is 12.9 Å². The molecule has 0 aliphatic rings. The predicted octanol–water partition coefficient (Wildman–Crippen LogP) is 2.83. The molecule has 0 aromatic carbocycles. The lowest BCUT2D eigenvalue weighted by Gasteiger charge is -2.02. The Morgan fingerprint density at radius 3 is 2.33 bits per heavy atom. The Kier molecular flexibility index (Phi) is 11.5. The predicted molar refractivity (Wildman–Crippen MR) is 54.5 cm³/mol. The quantitative estimate of drug-likeness (QED) is 0.344. The summed E-state index contributed by atoms with van der Waals surface area (Å²) in [6.45, 7) is 4.33. The van der Waals surface area contributed by atoms with Gasteiger partial charge in [-0.1, -0.05) is 32.6 Å². The third kappa shape index (κ3) is 10.3. The number of ether oxygens (including phenoxy) is 1. The van der Waals surface area contributed by atoms with Crippen molar-refractivity contribution in [2.24, 2.45) is 0 Å². The Morgan fingerprint density at radius 1 is 0.917 bits per heavy atom. The van der Waals surface area contributed by atoms with Crippen LogP contribution in [0.25, 0.3) is 0 Å². The molecule has 0 aromatic rings. The van der Waals surface area contributed by atoms with E-state index in [1.165, 1.54) is 32.1 Å². The first-order valence-corrected chi connectivity index (χ1v) is 5.12. The second-order valence-electron chi connectivity index (χ2n) is 2.86. The average Bonchev–Trinajstić information content (AvgIpc) is 2.10. The van der Waals surface area contributed by atoms with Gasteiger partial charge in [-0.25, -0.2) is 0 Å². The molecule has 0 aliphatic carbocycles. The summed E-state index contributed by atoms with van der Waals surface area (Å²) in [4.78, 5) is 0. The lowest BCUT2D eigenvalue weighted by Crippen LogP contribution is -2.01. The molecule has 0 saturated carbocycles. The summed E-state index contributed by atoms with van der Waals surface area (Å²) < 4.78 is 9.84. The zero-order chi connectivity index (χ0) is 9.07. The maximum Gasteiger partial charge on any atom is 0.0844 e. The molecule has 0 bridgehead atoms. The molecule has 0 fully saturated rings. The largest absolute Gasteiger partial charge is 0.379 e. The summed E-state index contributed by atoms with van der Waals surface area (Å²) in [7, 11) is 0. The Balaban J connectivity index is 2.73. The highest BCUT2D eigenvalue weighted by Crippen LogP contribution is 2.02. The summed E-state index contributed by atoms with van der Waals surface area (Å²) in [5, 5.41) is 0. The molecular weight excluding hydrogens is 172 g/mol. The molecule has 0 rings (SSSR count). The number of rotatable bonds is 9. The van der Waals surface area contributed by atoms with Crippen molar-refractivity contribution in [2.75, 3.05) is 19.8 Å². The van der Waals surface area contributed by atoms with Crippen LogP contribution in [0.5, 0.6) is 0 Å². The number of unbranched alkanes of at least 4 members (excludes halogenated alkanes) is 4. The lowest BCUT2D eigenvalue weighted by molar-refractivity contribution is 0.104. The smallest absolute Gasteiger partial charge is 0.0844 e. The molecule has 3 heteroatoms. The van der Waals surface area contributed by atoms with E-state index in [-0.39, 0.29) is 0 Å². The van der Waals surface area contributed by atoms with Crippen LogP contribution in [0.1, 0.15) is 39.0 Å². The maximum absolute atomic E-state index is 5.28. The molecule has 0 atom stereocenters. The minimum Gasteiger partial charge on any atom is -0.379 e. The van der Waals surface area contributed by atoms with Crippen molar-refractivity contribution in [2.45, 2.75) is 39.0 Å². The fourth-order valence-electron chi connectivity index (χ4n) is 1.01. The molecule has 74 valence electrons. The van der Waals surface area contributed by atoms with Crippen molar-refractivity contribution in [3.8, 4) is 0 Å². The summed E-state index contributed by atoms with van der Waals surface area (Å²) in [6, 6.07) is 0. The monoisotopic (exact) mass is 192 g/mol. The number of thiol groups is 1. The first kappa shape index (κ1) is 12.3. The van der Waals surface area contributed by atoms with E-state index in [0.717, 1.165) is 6.61 Å². The van der Waals surface area contributed by atoms with E-state index in [1.807, 2.05) is 0 Å². The third-order valence-corrected chi connectivity index (χ3v) is 1.89. The second-order valence-corrected chi connectivity index (χ2v) is 3.12. The highest BCUT2D eigenvalue weighted by atomic mass is 32.1. The van der Waals surface area contributed by atoms with Crippen molar-refractivity contribution in [1.82, 2.24) is 0 Å². The fraction of sp³-hybridized carbons (Fsp3) is 1.00. The molecule has 0 N–H and O–H groups in total. The van der Waals surface area contributed by atoms with Crippen LogP contribution in [-0.2, 0) is 8.92 Å². The van der Waals surface area contributed by atoms with Crippen LogP contribution in [-0.4, -0.2) is 19.8 Å². The minimum absolute atomic E-state index is 0.581. The van der Waals surface area contributed by atoms with Gasteiger partial charge >= 0.3 is 0 Å². The summed E-state index contributed by atoms with van der Waals surface area (Å²) >= 11 is 3.61. The van der Waals surface area contributed by atoms with Crippen molar-refractivity contribution >= 4 is 12.9 Å². The Hall–Kier alpha value is 0.270. The van der Waals surface area contributed by atoms with Gasteiger partial charge in [-0.2, -0.15) is 0 Å². The Labute approximate surface area is 81.2 Å². The van der Waals surface area contributed by atoms with Gasteiger partial charge in [0.1, 0.15) is 0 Å². The van der Waals surface area contributed by atoms with Crippen molar-refractivity contribution in [1.29, 1.82) is 0 Å². The molecule has 0 radical (unpaired) electrons. The fourth-order valence-corrected chi connectivity index (χ4v) is 1.08. The second kappa shape index (κ2) is 11.3. The molecule has 0 spiro atoms. The van der Waals surface area contributed by atoms with E-state index in [2.05, 4.69) is 24.0 Å². The lowest BCUT2D eigenvalue weighted by atomic mass is 10.2. The molecule has 0 heterocycles. The van der Waals surface area contributed by atoms with E-state index in [0.29, 0.717) is 13.2 Å². The van der Waals surface area contributed by atoms with E-state index in [9.17, 15) is 0 Å². The molecule has 12 heavy (non-hydrogen) atoms. The van der Waals surface area contributed by atoms with Gasteiger partial charge in [0.25, 0.3) is 0 Å². The van der Waals surface area contributed by atoms with Gasteiger partial charge in [0, 0.05) is 6.61 Å². The SMILES string of the molecule is CCCCCCCOCCOS. The topological polar surface area (TPSA) is 18.5 Å². The van der Waals surface area contributed by atoms with Crippen molar-refractivity contribution in [3.05, 3.63) is 0 Å². The van der Waals surface area contributed by atoms with Crippen LogP contribution in [0.15, 0.2) is 0 Å². The molecule has 0 unspecified atom stereocenters. The van der Waals surface area contributed by atoms with Gasteiger partial charge in [0.15, 0.2) is 0 Å². The standard InChI is InChI=1S/C9H20O2S/c1-2-3-4-5-6-7-10-8-9-11-12/h12H,2-9H2,1H3. The summed E-state index contributed by atoms with van der Waals surface area (Å²) in [6.07, 6.45) is 6.44. The van der Waals surface area contributed by atoms with Crippen LogP contribution in [0.4, 0.5) is 0 Å². The van der Waals surface area contributed by atoms with Crippen LogP contribution < -0.4 is 0 Å². The van der Waals surface area contributed by atoms with Crippen molar-refractivity contribution < 1.29 is 8.92 Å². The van der Waals surface area contributed by atoms with Crippen LogP contribution in [0, 0.1) is 0 Å². The van der Waals surface area contributed by atoms with E-state index in [1.54, 1.807) is 0 Å². The molecule has 0 amide bonds. The molecule has 2 nitrogen and oxygen atoms in total. The zero-order valence-corrected chi connectivity index (χ0v) is 8.81. The number of hydrogen-bond donors (Lipinski definition) is 1. The van der Waals surface area contributed by atoms with E-state index >= 15 is 0 Å². The van der Waals surface area contributed by atoms with Gasteiger partial charge < -0.3 is 8.92 Å². The maximum atomic E-state index is 5.28. The highest BCUT2D eigenvalue weighted by Gasteiger charge is 1.89. The summed E-state index contributed by atoms with van der Waals surface area (Å²) in [5.41, 5.74) is 0. The Bertz CT molecular complexity index is 68.9. The van der Waals surface area contributed by atoms with Gasteiger partial charge in [-0.15, -0.1) is 0 Å². The van der Waals surface area contributed by atoms with E-state index in [4.69, 9.17) is 4.74 Å². The zero-order valence-electron chi connectivity index (χ0n) is 7.92. The molecule has 0 saturated heterocycles. The highest BCUT2D eigenvalue weighted by molar-refractivity contribution is 7.75. The normalized spacial score (nSPS) is 10.5. The first-order valence-electron chi connectivity index (χ1n) is 4.76. The third-order valence-electron chi connectivity index (χ3n) is 1.71. The number of hydrogen-bond acceptors (Lipinski definition) is 3. The average molecular weight is 192 g/mol. The van der Waals surface area contributed by atoms with Gasteiger partial charge in [-0.05, 0) is 19.3 Å². The van der Waals surface area contributed by atoms with Crippen LogP contribution in [0.2, 0.25) is 0 Å². The minimum atomic E-state index is 0.581. The Morgan fingerprint density at radius 2 is 1.67 bits per heavy atom. The van der Waals surface area contributed by atoms with Gasteiger partial charge in [0.05, 0.1) is 13.2 Å². The van der Waals surface area contributed by atoms with Gasteiger partial charge in [0.2, 0.25) is 0 Å².